The fourth-order valence-corrected chi connectivity index (χ4v) is 1.98. The first-order valence-electron chi connectivity index (χ1n) is 7.10. The van der Waals surface area contributed by atoms with Crippen molar-refractivity contribution in [3.05, 3.63) is 18.2 Å². The van der Waals surface area contributed by atoms with Gasteiger partial charge in [0.1, 0.15) is 0 Å². The van der Waals surface area contributed by atoms with E-state index in [9.17, 15) is 14.4 Å². The number of methoxy groups -OCH3 is 3. The summed E-state index contributed by atoms with van der Waals surface area (Å²) in [6, 6.07) is 4.58. The van der Waals surface area contributed by atoms with Crippen molar-refractivity contribution in [1.29, 1.82) is 0 Å². The summed E-state index contributed by atoms with van der Waals surface area (Å²) >= 11 is 10.0. The highest BCUT2D eigenvalue weighted by molar-refractivity contribution is 7.80. The van der Waals surface area contributed by atoms with Crippen LogP contribution in [-0.4, -0.2) is 49.8 Å². The SMILES string of the molecule is COC(=O)NC(=S)Nc1ccc(NC(=O)OC)cc1NC(=S)NC(=O)OC. The Morgan fingerprint density at radius 3 is 1.70 bits per heavy atom. The van der Waals surface area contributed by atoms with Gasteiger partial charge in [0, 0.05) is 5.69 Å². The summed E-state index contributed by atoms with van der Waals surface area (Å²) in [6.45, 7) is 0. The predicted molar refractivity (Wildman–Crippen MR) is 106 cm³/mol. The molecule has 3 amide bonds. The summed E-state index contributed by atoms with van der Waals surface area (Å²) in [5.74, 6) is 0. The number of alkyl carbamates (subject to hydrolysis) is 2. The largest absolute Gasteiger partial charge is 0.453 e. The molecule has 0 saturated carbocycles. The Bertz CT molecular complexity index is 758. The van der Waals surface area contributed by atoms with E-state index in [1.54, 1.807) is 12.1 Å². The van der Waals surface area contributed by atoms with Crippen LogP contribution in [0.4, 0.5) is 31.4 Å². The van der Waals surface area contributed by atoms with Gasteiger partial charge in [0.15, 0.2) is 10.2 Å². The van der Waals surface area contributed by atoms with E-state index < -0.39 is 18.3 Å². The fraction of sp³-hybridized carbons (Fsp3) is 0.214. The van der Waals surface area contributed by atoms with Crippen LogP contribution in [-0.2, 0) is 14.2 Å². The van der Waals surface area contributed by atoms with Crippen LogP contribution in [0.25, 0.3) is 0 Å². The maximum atomic E-state index is 11.4. The highest BCUT2D eigenvalue weighted by Crippen LogP contribution is 2.26. The van der Waals surface area contributed by atoms with Crippen molar-refractivity contribution in [1.82, 2.24) is 10.6 Å². The number of carbonyl (C=O) groups is 3. The van der Waals surface area contributed by atoms with Gasteiger partial charge >= 0.3 is 18.3 Å². The minimum absolute atomic E-state index is 0.0505. The Morgan fingerprint density at radius 2 is 1.22 bits per heavy atom. The molecule has 5 N–H and O–H groups in total. The van der Waals surface area contributed by atoms with Crippen molar-refractivity contribution in [3.8, 4) is 0 Å². The molecular weight excluding hydrogens is 398 g/mol. The summed E-state index contributed by atoms with van der Waals surface area (Å²) < 4.78 is 13.4. The number of benzene rings is 1. The fourth-order valence-electron chi connectivity index (χ4n) is 1.60. The molecule has 0 radical (unpaired) electrons. The lowest BCUT2D eigenvalue weighted by Gasteiger charge is -2.16. The van der Waals surface area contributed by atoms with E-state index in [1.165, 1.54) is 27.4 Å². The van der Waals surface area contributed by atoms with Crippen LogP contribution >= 0.6 is 24.4 Å². The molecule has 0 heterocycles. The van der Waals surface area contributed by atoms with Crippen molar-refractivity contribution in [3.63, 3.8) is 0 Å². The van der Waals surface area contributed by atoms with Crippen molar-refractivity contribution < 1.29 is 28.6 Å². The van der Waals surface area contributed by atoms with Crippen LogP contribution in [0, 0.1) is 0 Å². The third-order valence-corrected chi connectivity index (χ3v) is 3.16. The van der Waals surface area contributed by atoms with Gasteiger partial charge in [-0.3, -0.25) is 16.0 Å². The summed E-state index contributed by atoms with van der Waals surface area (Å²) in [4.78, 5) is 33.8. The van der Waals surface area contributed by atoms with Gasteiger partial charge in [0.25, 0.3) is 0 Å². The lowest BCUT2D eigenvalue weighted by Crippen LogP contribution is -2.35. The molecule has 11 nitrogen and oxygen atoms in total. The molecule has 0 aliphatic carbocycles. The number of nitrogens with one attached hydrogen (secondary N) is 5. The highest BCUT2D eigenvalue weighted by Gasteiger charge is 2.12. The van der Waals surface area contributed by atoms with Crippen LogP contribution in [0.1, 0.15) is 0 Å². The molecule has 0 unspecified atom stereocenters. The average Bonchev–Trinajstić information content (AvgIpc) is 2.63. The Kier molecular flexibility index (Phi) is 8.68. The minimum atomic E-state index is -0.770. The zero-order valence-electron chi connectivity index (χ0n) is 14.5. The summed E-state index contributed by atoms with van der Waals surface area (Å²) in [6.07, 6.45) is -2.21. The normalized spacial score (nSPS) is 9.30. The molecule has 0 aliphatic heterocycles. The van der Waals surface area contributed by atoms with Gasteiger partial charge in [-0.2, -0.15) is 0 Å². The molecule has 1 aromatic rings. The number of amides is 3. The number of hydrogen-bond acceptors (Lipinski definition) is 8. The monoisotopic (exact) mass is 415 g/mol. The predicted octanol–water partition coefficient (Wildman–Crippen LogP) is 1.97. The Morgan fingerprint density at radius 1 is 0.741 bits per heavy atom. The van der Waals surface area contributed by atoms with E-state index in [0.717, 1.165) is 0 Å². The van der Waals surface area contributed by atoms with E-state index in [2.05, 4.69) is 40.8 Å². The molecule has 146 valence electrons. The van der Waals surface area contributed by atoms with Gasteiger partial charge in [0.05, 0.1) is 32.7 Å². The summed E-state index contributed by atoms with van der Waals surface area (Å²) in [5, 5.41) is 12.4. The molecular formula is C14H17N5O6S2. The van der Waals surface area contributed by atoms with Gasteiger partial charge < -0.3 is 24.8 Å². The lowest BCUT2D eigenvalue weighted by atomic mass is 10.2. The molecule has 1 rings (SSSR count). The van der Waals surface area contributed by atoms with Crippen LogP contribution in [0.2, 0.25) is 0 Å². The zero-order chi connectivity index (χ0) is 20.4. The topological polar surface area (TPSA) is 139 Å². The van der Waals surface area contributed by atoms with E-state index in [0.29, 0.717) is 17.1 Å². The smallest absolute Gasteiger partial charge is 0.413 e. The maximum Gasteiger partial charge on any atom is 0.413 e. The van der Waals surface area contributed by atoms with E-state index >= 15 is 0 Å². The highest BCUT2D eigenvalue weighted by atomic mass is 32.1. The molecule has 0 fully saturated rings. The van der Waals surface area contributed by atoms with Crippen molar-refractivity contribution in [2.45, 2.75) is 0 Å². The maximum absolute atomic E-state index is 11.4. The quantitative estimate of drug-likeness (QED) is 0.368. The Hall–Kier alpha value is -3.19. The first-order valence-corrected chi connectivity index (χ1v) is 7.91. The summed E-state index contributed by atoms with van der Waals surface area (Å²) in [5.41, 5.74) is 1.06. The Balaban J connectivity index is 3.03. The van der Waals surface area contributed by atoms with E-state index in [4.69, 9.17) is 24.4 Å². The Labute approximate surface area is 165 Å². The zero-order valence-corrected chi connectivity index (χ0v) is 16.1. The second-order valence-corrected chi connectivity index (χ2v) is 5.33. The van der Waals surface area contributed by atoms with Crippen LogP contribution in [0.3, 0.4) is 0 Å². The third kappa shape index (κ3) is 7.70. The second-order valence-electron chi connectivity index (χ2n) is 4.52. The van der Waals surface area contributed by atoms with Crippen molar-refractivity contribution in [2.75, 3.05) is 37.3 Å². The molecule has 0 spiro atoms. The van der Waals surface area contributed by atoms with Gasteiger partial charge in [-0.1, -0.05) is 0 Å². The van der Waals surface area contributed by atoms with Crippen LogP contribution in [0.15, 0.2) is 18.2 Å². The molecule has 0 saturated heterocycles. The number of rotatable bonds is 3. The number of hydrogen-bond donors (Lipinski definition) is 5. The number of ether oxygens (including phenoxy) is 3. The van der Waals surface area contributed by atoms with E-state index in [-0.39, 0.29) is 10.2 Å². The van der Waals surface area contributed by atoms with E-state index in [1.807, 2.05) is 0 Å². The molecule has 13 heteroatoms. The molecule has 0 aliphatic rings. The number of carbonyl (C=O) groups excluding carboxylic acids is 3. The van der Waals surface area contributed by atoms with Crippen molar-refractivity contribution >= 4 is 70.0 Å². The van der Waals surface area contributed by atoms with Crippen LogP contribution < -0.4 is 26.6 Å². The standard InChI is InChI=1S/C14H17N5O6S2/c1-23-12(20)15-7-4-5-8(16-10(26)18-13(21)24-2)9(6-7)17-11(27)19-14(22)25-3/h4-6H,1-3H3,(H,15,20)(H2,16,18,21,26)(H2,17,19,22,27). The first kappa shape index (κ1) is 21.9. The molecule has 0 bridgehead atoms. The van der Waals surface area contributed by atoms with Crippen molar-refractivity contribution in [2.24, 2.45) is 0 Å². The van der Waals surface area contributed by atoms with Gasteiger partial charge in [-0.25, -0.2) is 14.4 Å². The molecule has 27 heavy (non-hydrogen) atoms. The first-order chi connectivity index (χ1) is 12.8. The van der Waals surface area contributed by atoms with Gasteiger partial charge in [-0.05, 0) is 42.6 Å². The van der Waals surface area contributed by atoms with Gasteiger partial charge in [0.2, 0.25) is 0 Å². The lowest BCUT2D eigenvalue weighted by molar-refractivity contribution is 0.176. The molecule has 0 aromatic heterocycles. The molecule has 1 aromatic carbocycles. The second kappa shape index (κ2) is 10.7. The summed E-state index contributed by atoms with van der Waals surface area (Å²) in [7, 11) is 3.59. The number of anilines is 3. The average molecular weight is 415 g/mol. The third-order valence-electron chi connectivity index (χ3n) is 2.75. The molecule has 0 atom stereocenters. The van der Waals surface area contributed by atoms with Crippen LogP contribution in [0.5, 0.6) is 0 Å². The van der Waals surface area contributed by atoms with Gasteiger partial charge in [-0.15, -0.1) is 0 Å². The minimum Gasteiger partial charge on any atom is -0.453 e. The number of thiocarbonyl (C=S) groups is 2.